The Morgan fingerprint density at radius 1 is 0.655 bits per heavy atom. The second-order valence-electron chi connectivity index (χ2n) is 6.16. The maximum atomic E-state index is 11.4. The molecular weight excluding hydrogens is 390 g/mol. The Bertz CT molecular complexity index is 520. The standard InChI is InChI=1S/C16H31N5O8/c22-8-3-19-13(23)9-17-1-4-20(11-15(26)27)6-7-21(12-16(28)29)5-2-18-10-14(24)25/h17-18,22H,1-12H2,(H,19,23)(H,24,25)(H,26,27)(H,28,29). The van der Waals surface area contributed by atoms with Gasteiger partial charge in [-0.1, -0.05) is 0 Å². The van der Waals surface area contributed by atoms with Gasteiger partial charge in [0.25, 0.3) is 0 Å². The number of aliphatic hydroxyl groups excluding tert-OH is 1. The van der Waals surface area contributed by atoms with Crippen molar-refractivity contribution in [2.75, 3.05) is 78.6 Å². The van der Waals surface area contributed by atoms with Gasteiger partial charge in [0.2, 0.25) is 5.91 Å². The molecule has 0 radical (unpaired) electrons. The van der Waals surface area contributed by atoms with Crippen LogP contribution in [0.4, 0.5) is 0 Å². The Hall–Kier alpha value is -2.32. The van der Waals surface area contributed by atoms with Crippen molar-refractivity contribution in [3.8, 4) is 0 Å². The van der Waals surface area contributed by atoms with Gasteiger partial charge in [0.15, 0.2) is 0 Å². The van der Waals surface area contributed by atoms with Crippen LogP contribution in [0.1, 0.15) is 0 Å². The fourth-order valence-corrected chi connectivity index (χ4v) is 2.33. The molecule has 7 N–H and O–H groups in total. The molecule has 0 aliphatic carbocycles. The van der Waals surface area contributed by atoms with E-state index in [1.165, 1.54) is 0 Å². The fraction of sp³-hybridized carbons (Fsp3) is 0.750. The van der Waals surface area contributed by atoms with Crippen molar-refractivity contribution in [1.29, 1.82) is 0 Å². The number of hydrogen-bond acceptors (Lipinski definition) is 9. The van der Waals surface area contributed by atoms with E-state index in [1.807, 2.05) is 0 Å². The monoisotopic (exact) mass is 421 g/mol. The zero-order valence-corrected chi connectivity index (χ0v) is 16.3. The highest BCUT2D eigenvalue weighted by molar-refractivity contribution is 5.77. The molecule has 0 aliphatic heterocycles. The van der Waals surface area contributed by atoms with Crippen molar-refractivity contribution in [3.05, 3.63) is 0 Å². The number of nitrogens with zero attached hydrogens (tertiary/aromatic N) is 2. The van der Waals surface area contributed by atoms with E-state index < -0.39 is 17.9 Å². The van der Waals surface area contributed by atoms with E-state index in [0.717, 1.165) is 0 Å². The number of aliphatic hydroxyl groups is 1. The quantitative estimate of drug-likeness (QED) is 0.101. The molecule has 0 aliphatic rings. The number of nitrogens with one attached hydrogen (secondary N) is 3. The van der Waals surface area contributed by atoms with Crippen LogP contribution in [0, 0.1) is 0 Å². The molecule has 0 fully saturated rings. The van der Waals surface area contributed by atoms with Crippen molar-refractivity contribution in [2.24, 2.45) is 0 Å². The molecule has 0 aromatic rings. The van der Waals surface area contributed by atoms with E-state index in [9.17, 15) is 19.2 Å². The molecule has 13 nitrogen and oxygen atoms in total. The van der Waals surface area contributed by atoms with Crippen molar-refractivity contribution in [1.82, 2.24) is 25.8 Å². The topological polar surface area (TPSA) is 192 Å². The molecule has 0 atom stereocenters. The summed E-state index contributed by atoms with van der Waals surface area (Å²) in [7, 11) is 0. The third-order valence-corrected chi connectivity index (χ3v) is 3.66. The predicted octanol–water partition coefficient (Wildman–Crippen LogP) is -3.87. The Morgan fingerprint density at radius 3 is 1.55 bits per heavy atom. The van der Waals surface area contributed by atoms with Crippen LogP contribution in [0.25, 0.3) is 0 Å². The van der Waals surface area contributed by atoms with Crippen molar-refractivity contribution in [2.45, 2.75) is 0 Å². The van der Waals surface area contributed by atoms with Crippen molar-refractivity contribution < 1.29 is 39.6 Å². The molecule has 0 bridgehead atoms. The number of aliphatic carboxylic acids is 3. The number of carbonyl (C=O) groups excluding carboxylic acids is 1. The summed E-state index contributed by atoms with van der Waals surface area (Å²) in [6.07, 6.45) is 0. The first-order chi connectivity index (χ1) is 13.7. The van der Waals surface area contributed by atoms with Crippen LogP contribution in [-0.4, -0.2) is 133 Å². The van der Waals surface area contributed by atoms with Gasteiger partial charge in [-0.25, -0.2) is 0 Å². The molecule has 0 aromatic carbocycles. The van der Waals surface area contributed by atoms with Crippen LogP contribution >= 0.6 is 0 Å². The minimum atomic E-state index is -1.04. The maximum Gasteiger partial charge on any atom is 0.317 e. The lowest BCUT2D eigenvalue weighted by Crippen LogP contribution is -2.45. The van der Waals surface area contributed by atoms with E-state index in [-0.39, 0.29) is 64.9 Å². The average molecular weight is 421 g/mol. The number of carboxylic acids is 3. The minimum Gasteiger partial charge on any atom is -0.480 e. The zero-order chi connectivity index (χ0) is 22.1. The number of carbonyl (C=O) groups is 4. The first-order valence-corrected chi connectivity index (χ1v) is 9.13. The molecule has 168 valence electrons. The summed E-state index contributed by atoms with van der Waals surface area (Å²) in [5, 5.41) is 43.3. The summed E-state index contributed by atoms with van der Waals surface area (Å²) in [5.41, 5.74) is 0. The van der Waals surface area contributed by atoms with Crippen LogP contribution in [0.3, 0.4) is 0 Å². The molecular formula is C16H31N5O8. The zero-order valence-electron chi connectivity index (χ0n) is 16.3. The van der Waals surface area contributed by atoms with Crippen molar-refractivity contribution in [3.63, 3.8) is 0 Å². The Balaban J connectivity index is 4.39. The fourth-order valence-electron chi connectivity index (χ4n) is 2.33. The van der Waals surface area contributed by atoms with Gasteiger partial charge in [0.1, 0.15) is 0 Å². The number of hydrogen-bond donors (Lipinski definition) is 7. The molecule has 13 heteroatoms. The summed E-state index contributed by atoms with van der Waals surface area (Å²) < 4.78 is 0. The highest BCUT2D eigenvalue weighted by Gasteiger charge is 2.14. The Kier molecular flexibility index (Phi) is 15.3. The first kappa shape index (κ1) is 26.7. The van der Waals surface area contributed by atoms with Crippen LogP contribution in [0.2, 0.25) is 0 Å². The third kappa shape index (κ3) is 17.5. The number of amides is 1. The van der Waals surface area contributed by atoms with Gasteiger partial charge in [-0.15, -0.1) is 0 Å². The van der Waals surface area contributed by atoms with Gasteiger partial charge in [-0.2, -0.15) is 0 Å². The second-order valence-corrected chi connectivity index (χ2v) is 6.16. The summed E-state index contributed by atoms with van der Waals surface area (Å²) in [6, 6.07) is 0. The molecule has 0 aromatic heterocycles. The highest BCUT2D eigenvalue weighted by Crippen LogP contribution is 1.93. The lowest BCUT2D eigenvalue weighted by molar-refractivity contribution is -0.140. The van der Waals surface area contributed by atoms with Gasteiger partial charge in [-0.3, -0.25) is 29.0 Å². The SMILES string of the molecule is O=C(O)CNCCN(CCN(CCNCC(=O)NCCO)CC(=O)O)CC(=O)O. The average Bonchev–Trinajstić information content (AvgIpc) is 2.63. The van der Waals surface area contributed by atoms with Crippen LogP contribution in [0.5, 0.6) is 0 Å². The minimum absolute atomic E-state index is 0.0291. The molecule has 0 saturated heterocycles. The first-order valence-electron chi connectivity index (χ1n) is 9.13. The van der Waals surface area contributed by atoms with Crippen molar-refractivity contribution >= 4 is 23.8 Å². The van der Waals surface area contributed by atoms with Crippen LogP contribution in [-0.2, 0) is 19.2 Å². The molecule has 29 heavy (non-hydrogen) atoms. The van der Waals surface area contributed by atoms with Crippen LogP contribution in [0.15, 0.2) is 0 Å². The van der Waals surface area contributed by atoms with Gasteiger partial charge in [0.05, 0.1) is 32.8 Å². The van der Waals surface area contributed by atoms with E-state index in [1.54, 1.807) is 9.80 Å². The van der Waals surface area contributed by atoms with Crippen LogP contribution < -0.4 is 16.0 Å². The van der Waals surface area contributed by atoms with Gasteiger partial charge in [-0.05, 0) is 0 Å². The Labute approximate surface area is 168 Å². The van der Waals surface area contributed by atoms with E-state index >= 15 is 0 Å². The van der Waals surface area contributed by atoms with Gasteiger partial charge < -0.3 is 36.4 Å². The maximum absolute atomic E-state index is 11.4. The molecule has 1 amide bonds. The summed E-state index contributed by atoms with van der Waals surface area (Å²) >= 11 is 0. The number of carboxylic acid groups (broad SMARTS) is 3. The molecule has 0 rings (SSSR count). The van der Waals surface area contributed by atoms with E-state index in [4.69, 9.17) is 20.4 Å². The molecule has 0 unspecified atom stereocenters. The Morgan fingerprint density at radius 2 is 1.14 bits per heavy atom. The van der Waals surface area contributed by atoms with Gasteiger partial charge in [0, 0.05) is 45.8 Å². The predicted molar refractivity (Wildman–Crippen MR) is 102 cm³/mol. The summed E-state index contributed by atoms with van der Waals surface area (Å²) in [4.78, 5) is 47.1. The van der Waals surface area contributed by atoms with E-state index in [0.29, 0.717) is 19.6 Å². The lowest BCUT2D eigenvalue weighted by atomic mass is 10.3. The molecule has 0 saturated carbocycles. The number of rotatable bonds is 19. The largest absolute Gasteiger partial charge is 0.480 e. The summed E-state index contributed by atoms with van der Waals surface area (Å²) in [5.74, 6) is -3.37. The molecule has 0 heterocycles. The third-order valence-electron chi connectivity index (χ3n) is 3.66. The second kappa shape index (κ2) is 16.6. The lowest BCUT2D eigenvalue weighted by Gasteiger charge is -2.26. The van der Waals surface area contributed by atoms with Gasteiger partial charge >= 0.3 is 17.9 Å². The normalized spacial score (nSPS) is 11.0. The smallest absolute Gasteiger partial charge is 0.317 e. The molecule has 0 spiro atoms. The van der Waals surface area contributed by atoms with E-state index in [2.05, 4.69) is 16.0 Å². The highest BCUT2D eigenvalue weighted by atomic mass is 16.4. The summed E-state index contributed by atoms with van der Waals surface area (Å²) in [6.45, 7) is 1.13.